The van der Waals surface area contributed by atoms with Gasteiger partial charge in [-0.15, -0.1) is 0 Å². The molecule has 12 heteroatoms. The summed E-state index contributed by atoms with van der Waals surface area (Å²) in [6.45, 7) is 3.94. The van der Waals surface area contributed by atoms with Crippen molar-refractivity contribution in [1.82, 2.24) is 14.0 Å². The fourth-order valence-electron chi connectivity index (χ4n) is 4.11. The minimum absolute atomic E-state index is 0.0601. The second-order valence-corrected chi connectivity index (χ2v) is 8.10. The quantitative estimate of drug-likeness (QED) is 0.277. The first kappa shape index (κ1) is 23.2. The first-order chi connectivity index (χ1) is 16.3. The molecule has 0 aliphatic carbocycles. The van der Waals surface area contributed by atoms with Crippen LogP contribution in [0.5, 0.6) is 5.75 Å². The van der Waals surface area contributed by atoms with Crippen LogP contribution in [0.3, 0.4) is 0 Å². The highest BCUT2D eigenvalue weighted by molar-refractivity contribution is 5.90. The van der Waals surface area contributed by atoms with Crippen LogP contribution in [0.2, 0.25) is 0 Å². The maximum absolute atomic E-state index is 12.3. The van der Waals surface area contributed by atoms with Crippen LogP contribution in [0.4, 0.5) is 11.5 Å². The second kappa shape index (κ2) is 9.51. The van der Waals surface area contributed by atoms with Crippen molar-refractivity contribution in [2.45, 2.75) is 6.42 Å². The van der Waals surface area contributed by atoms with Crippen molar-refractivity contribution in [3.63, 3.8) is 0 Å². The third-order valence-electron chi connectivity index (χ3n) is 6.02. The number of piperazine rings is 1. The number of benzene rings is 1. The lowest BCUT2D eigenvalue weighted by molar-refractivity contribution is -0.383. The molecule has 0 bridgehead atoms. The van der Waals surface area contributed by atoms with Crippen molar-refractivity contribution in [2.24, 2.45) is 14.1 Å². The summed E-state index contributed by atoms with van der Waals surface area (Å²) in [6.07, 6.45) is 1.81. The SMILES string of the molecule is Cn1c(N2CCN(CCCOc3ccc([N+](=O)[O-])c4occc(=O)c34)CC2)cc(=O)n(C)c1=O. The van der Waals surface area contributed by atoms with Crippen LogP contribution in [-0.2, 0) is 14.1 Å². The molecule has 4 rings (SSSR count). The van der Waals surface area contributed by atoms with Crippen LogP contribution >= 0.6 is 0 Å². The average molecular weight is 471 g/mol. The van der Waals surface area contributed by atoms with Gasteiger partial charge < -0.3 is 14.1 Å². The molecule has 0 saturated carbocycles. The van der Waals surface area contributed by atoms with E-state index in [0.29, 0.717) is 31.9 Å². The number of nitro groups is 1. The zero-order valence-electron chi connectivity index (χ0n) is 18.9. The van der Waals surface area contributed by atoms with Crippen LogP contribution < -0.4 is 26.3 Å². The number of ether oxygens (including phenoxy) is 1. The monoisotopic (exact) mass is 471 g/mol. The average Bonchev–Trinajstić information content (AvgIpc) is 2.83. The molecular formula is C22H25N5O7. The molecule has 1 aliphatic heterocycles. The van der Waals surface area contributed by atoms with E-state index >= 15 is 0 Å². The fraction of sp³-hybridized carbons (Fsp3) is 0.409. The standard InChI is InChI=1S/C22H25N5O7/c1-23-18(14-19(29)24(2)22(23)30)26-10-8-25(9-11-26)7-3-12-33-17-5-4-15(27(31)32)21-20(17)16(28)6-13-34-21/h4-6,13-14H,3,7-12H2,1-2H3. The normalized spacial score (nSPS) is 14.5. The summed E-state index contributed by atoms with van der Waals surface area (Å²) in [6, 6.07) is 5.38. The van der Waals surface area contributed by atoms with Gasteiger partial charge in [-0.05, 0) is 12.5 Å². The van der Waals surface area contributed by atoms with Gasteiger partial charge in [-0.1, -0.05) is 0 Å². The maximum atomic E-state index is 12.3. The molecule has 180 valence electrons. The Hall–Kier alpha value is -3.93. The van der Waals surface area contributed by atoms with E-state index in [2.05, 4.69) is 4.90 Å². The third-order valence-corrected chi connectivity index (χ3v) is 6.02. The van der Waals surface area contributed by atoms with Gasteiger partial charge in [-0.25, -0.2) is 4.79 Å². The zero-order valence-corrected chi connectivity index (χ0v) is 18.9. The summed E-state index contributed by atoms with van der Waals surface area (Å²) in [4.78, 5) is 51.3. The van der Waals surface area contributed by atoms with Crippen molar-refractivity contribution >= 4 is 22.5 Å². The Kier molecular flexibility index (Phi) is 6.50. The van der Waals surface area contributed by atoms with Gasteiger partial charge in [-0.2, -0.15) is 0 Å². The summed E-state index contributed by atoms with van der Waals surface area (Å²) in [7, 11) is 3.11. The number of hydrogen-bond donors (Lipinski definition) is 0. The van der Waals surface area contributed by atoms with E-state index in [0.717, 1.165) is 30.5 Å². The smallest absolute Gasteiger partial charge is 0.332 e. The largest absolute Gasteiger partial charge is 0.493 e. The van der Waals surface area contributed by atoms with Gasteiger partial charge in [0.2, 0.25) is 5.58 Å². The Balaban J connectivity index is 1.34. The van der Waals surface area contributed by atoms with E-state index in [4.69, 9.17) is 9.15 Å². The summed E-state index contributed by atoms with van der Waals surface area (Å²) < 4.78 is 13.6. The fourth-order valence-corrected chi connectivity index (χ4v) is 4.11. The van der Waals surface area contributed by atoms with Crippen LogP contribution in [0, 0.1) is 10.1 Å². The van der Waals surface area contributed by atoms with Crippen molar-refractivity contribution in [1.29, 1.82) is 0 Å². The van der Waals surface area contributed by atoms with Gasteiger partial charge in [0.15, 0.2) is 5.43 Å². The number of fused-ring (bicyclic) bond motifs is 1. The molecular weight excluding hydrogens is 446 g/mol. The number of rotatable bonds is 7. The topological polar surface area (TPSA) is 133 Å². The van der Waals surface area contributed by atoms with Gasteiger partial charge >= 0.3 is 11.4 Å². The Morgan fingerprint density at radius 3 is 2.50 bits per heavy atom. The molecule has 2 aromatic heterocycles. The summed E-state index contributed by atoms with van der Waals surface area (Å²) in [5, 5.41) is 11.3. The molecule has 0 atom stereocenters. The van der Waals surface area contributed by atoms with E-state index in [1.54, 1.807) is 7.05 Å². The van der Waals surface area contributed by atoms with Crippen molar-refractivity contribution in [2.75, 3.05) is 44.2 Å². The van der Waals surface area contributed by atoms with Crippen LogP contribution in [-0.4, -0.2) is 58.3 Å². The van der Waals surface area contributed by atoms with Gasteiger partial charge in [0, 0.05) is 65.0 Å². The van der Waals surface area contributed by atoms with E-state index in [-0.39, 0.29) is 33.7 Å². The lowest BCUT2D eigenvalue weighted by atomic mass is 10.2. The molecule has 0 radical (unpaired) electrons. The highest BCUT2D eigenvalue weighted by atomic mass is 16.6. The molecule has 3 aromatic rings. The first-order valence-electron chi connectivity index (χ1n) is 10.8. The lowest BCUT2D eigenvalue weighted by Crippen LogP contribution is -2.49. The van der Waals surface area contributed by atoms with Gasteiger partial charge in [-0.3, -0.25) is 33.7 Å². The van der Waals surface area contributed by atoms with Crippen LogP contribution in [0.1, 0.15) is 6.42 Å². The molecule has 0 spiro atoms. The van der Waals surface area contributed by atoms with Gasteiger partial charge in [0.05, 0.1) is 17.8 Å². The maximum Gasteiger partial charge on any atom is 0.332 e. The van der Waals surface area contributed by atoms with E-state index < -0.39 is 10.4 Å². The molecule has 3 heterocycles. The molecule has 1 saturated heterocycles. The van der Waals surface area contributed by atoms with Crippen LogP contribution in [0.15, 0.2) is 49.3 Å². The molecule has 1 aliphatic rings. The number of hydrogen-bond acceptors (Lipinski definition) is 9. The van der Waals surface area contributed by atoms with E-state index in [1.807, 2.05) is 4.90 Å². The van der Waals surface area contributed by atoms with Crippen LogP contribution in [0.25, 0.3) is 11.0 Å². The first-order valence-corrected chi connectivity index (χ1v) is 10.8. The summed E-state index contributed by atoms with van der Waals surface area (Å²) in [5.41, 5.74) is -1.47. The van der Waals surface area contributed by atoms with Crippen molar-refractivity contribution in [3.8, 4) is 5.75 Å². The van der Waals surface area contributed by atoms with Gasteiger partial charge in [0.25, 0.3) is 5.56 Å². The van der Waals surface area contributed by atoms with E-state index in [9.17, 15) is 24.5 Å². The van der Waals surface area contributed by atoms with Crippen molar-refractivity contribution < 1.29 is 14.1 Å². The molecule has 1 fully saturated rings. The van der Waals surface area contributed by atoms with Crippen molar-refractivity contribution in [3.05, 3.63) is 71.7 Å². The molecule has 1 aromatic carbocycles. The number of aromatic nitrogens is 2. The minimum atomic E-state index is -0.597. The highest BCUT2D eigenvalue weighted by Crippen LogP contribution is 2.30. The van der Waals surface area contributed by atoms with Gasteiger partial charge in [0.1, 0.15) is 17.0 Å². The molecule has 34 heavy (non-hydrogen) atoms. The Morgan fingerprint density at radius 1 is 1.06 bits per heavy atom. The number of nitrogens with zero attached hydrogens (tertiary/aromatic N) is 5. The summed E-state index contributed by atoms with van der Waals surface area (Å²) in [5.74, 6) is 0.867. The molecule has 12 nitrogen and oxygen atoms in total. The minimum Gasteiger partial charge on any atom is -0.493 e. The second-order valence-electron chi connectivity index (χ2n) is 8.10. The predicted octanol–water partition coefficient (Wildman–Crippen LogP) is 0.690. The highest BCUT2D eigenvalue weighted by Gasteiger charge is 2.21. The number of anilines is 1. The summed E-state index contributed by atoms with van der Waals surface area (Å²) >= 11 is 0. The lowest BCUT2D eigenvalue weighted by Gasteiger charge is -2.36. The number of nitro benzene ring substituents is 1. The molecule has 0 unspecified atom stereocenters. The van der Waals surface area contributed by atoms with E-state index in [1.165, 1.54) is 35.9 Å². The predicted molar refractivity (Wildman–Crippen MR) is 125 cm³/mol. The Morgan fingerprint density at radius 2 is 1.79 bits per heavy atom. The Bertz CT molecular complexity index is 1400. The zero-order chi connectivity index (χ0) is 24.4. The number of non-ortho nitro benzene ring substituents is 1. The third kappa shape index (κ3) is 4.44. The molecule has 0 amide bonds. The molecule has 0 N–H and O–H groups in total. The Labute approximate surface area is 193 Å².